The van der Waals surface area contributed by atoms with E-state index in [0.29, 0.717) is 5.75 Å². The Morgan fingerprint density at radius 3 is 2.47 bits per heavy atom. The van der Waals surface area contributed by atoms with Gasteiger partial charge in [0.2, 0.25) is 0 Å². The van der Waals surface area contributed by atoms with E-state index >= 15 is 0 Å². The van der Waals surface area contributed by atoms with Crippen LogP contribution in [0.4, 0.5) is 0 Å². The summed E-state index contributed by atoms with van der Waals surface area (Å²) in [7, 11) is 0. The van der Waals surface area contributed by atoms with Crippen LogP contribution in [-0.4, -0.2) is 11.1 Å². The van der Waals surface area contributed by atoms with Gasteiger partial charge in [-0.2, -0.15) is 18.2 Å². The molecular formula is C13H9O3Y-. The van der Waals surface area contributed by atoms with Gasteiger partial charge in [0, 0.05) is 38.5 Å². The van der Waals surface area contributed by atoms with E-state index in [1.165, 1.54) is 6.07 Å². The second kappa shape index (κ2) is 6.53. The van der Waals surface area contributed by atoms with Gasteiger partial charge >= 0.3 is 0 Å². The SMILES string of the molecule is O=C(O)c1ccc[c-]c1Oc1ccccc1.[Y]. The van der Waals surface area contributed by atoms with E-state index in [0.717, 1.165) is 0 Å². The van der Waals surface area contributed by atoms with Gasteiger partial charge in [-0.15, -0.1) is 6.07 Å². The third-order valence-electron chi connectivity index (χ3n) is 2.01. The van der Waals surface area contributed by atoms with Crippen molar-refractivity contribution in [2.75, 3.05) is 0 Å². The van der Waals surface area contributed by atoms with Gasteiger partial charge in [0.1, 0.15) is 5.75 Å². The third kappa shape index (κ3) is 3.65. The molecule has 0 aliphatic heterocycles. The molecule has 0 saturated carbocycles. The van der Waals surface area contributed by atoms with Crippen molar-refractivity contribution < 1.29 is 47.3 Å². The molecule has 2 aromatic carbocycles. The maximum atomic E-state index is 10.9. The van der Waals surface area contributed by atoms with Crippen molar-refractivity contribution in [3.8, 4) is 11.5 Å². The summed E-state index contributed by atoms with van der Waals surface area (Å²) in [5.41, 5.74) is 0.103. The zero-order valence-electron chi connectivity index (χ0n) is 8.96. The minimum Gasteiger partial charge on any atom is -0.487 e. The number of hydrogen-bond donors (Lipinski definition) is 1. The van der Waals surface area contributed by atoms with Crippen LogP contribution in [0.2, 0.25) is 0 Å². The summed E-state index contributed by atoms with van der Waals surface area (Å²) in [4.78, 5) is 10.9. The van der Waals surface area contributed by atoms with Gasteiger partial charge in [-0.1, -0.05) is 18.2 Å². The molecule has 0 saturated heterocycles. The third-order valence-corrected chi connectivity index (χ3v) is 2.01. The van der Waals surface area contributed by atoms with Crippen LogP contribution < -0.4 is 4.74 Å². The molecule has 0 bridgehead atoms. The maximum Gasteiger partial charge on any atom is 0.282 e. The van der Waals surface area contributed by atoms with Crippen LogP contribution >= 0.6 is 0 Å². The Morgan fingerprint density at radius 2 is 1.82 bits per heavy atom. The fraction of sp³-hybridized carbons (Fsp3) is 0. The van der Waals surface area contributed by atoms with Gasteiger partial charge < -0.3 is 9.84 Å². The number of carboxylic acid groups (broad SMARTS) is 1. The van der Waals surface area contributed by atoms with E-state index < -0.39 is 5.97 Å². The monoisotopic (exact) mass is 302 g/mol. The van der Waals surface area contributed by atoms with Crippen LogP contribution in [0.3, 0.4) is 0 Å². The second-order valence-corrected chi connectivity index (χ2v) is 3.13. The number of carbonyl (C=O) groups is 1. The van der Waals surface area contributed by atoms with Crippen molar-refractivity contribution in [3.63, 3.8) is 0 Å². The van der Waals surface area contributed by atoms with E-state index in [2.05, 4.69) is 6.07 Å². The smallest absolute Gasteiger partial charge is 0.282 e. The first-order chi connectivity index (χ1) is 7.77. The summed E-state index contributed by atoms with van der Waals surface area (Å²) in [5.74, 6) is -0.212. The molecule has 1 radical (unpaired) electrons. The molecule has 83 valence electrons. The zero-order valence-corrected chi connectivity index (χ0v) is 11.8. The molecule has 0 fully saturated rings. The zero-order chi connectivity index (χ0) is 11.4. The van der Waals surface area contributed by atoms with E-state index in [4.69, 9.17) is 9.84 Å². The van der Waals surface area contributed by atoms with Crippen LogP contribution in [0.5, 0.6) is 11.5 Å². The van der Waals surface area contributed by atoms with E-state index in [1.807, 2.05) is 18.2 Å². The van der Waals surface area contributed by atoms with Crippen molar-refractivity contribution in [2.45, 2.75) is 0 Å². The van der Waals surface area contributed by atoms with E-state index in [-0.39, 0.29) is 44.0 Å². The maximum absolute atomic E-state index is 10.9. The van der Waals surface area contributed by atoms with Crippen LogP contribution in [0, 0.1) is 6.07 Å². The predicted molar refractivity (Wildman–Crippen MR) is 58.8 cm³/mol. The normalized spacial score (nSPS) is 9.18. The Bertz CT molecular complexity index is 497. The Kier molecular flexibility index (Phi) is 5.33. The van der Waals surface area contributed by atoms with Crippen molar-refractivity contribution >= 4 is 5.97 Å². The number of benzene rings is 2. The fourth-order valence-corrected chi connectivity index (χ4v) is 1.28. The Labute approximate surface area is 124 Å². The molecule has 17 heavy (non-hydrogen) atoms. The average Bonchev–Trinajstić information content (AvgIpc) is 2.31. The number of rotatable bonds is 3. The predicted octanol–water partition coefficient (Wildman–Crippen LogP) is 2.97. The summed E-state index contributed by atoms with van der Waals surface area (Å²) in [5, 5.41) is 8.94. The van der Waals surface area contributed by atoms with Crippen LogP contribution in [0.25, 0.3) is 0 Å². The Hall–Kier alpha value is -1.19. The summed E-state index contributed by atoms with van der Waals surface area (Å²) in [6.07, 6.45) is 0. The minimum absolute atomic E-state index is 0. The van der Waals surface area contributed by atoms with Gasteiger partial charge in [-0.25, -0.2) is 0 Å². The number of para-hydroxylation sites is 2. The molecule has 0 amide bonds. The molecule has 0 aliphatic rings. The molecule has 3 nitrogen and oxygen atoms in total. The molecule has 0 heterocycles. The topological polar surface area (TPSA) is 46.5 Å². The van der Waals surface area contributed by atoms with Gasteiger partial charge in [0.15, 0.2) is 0 Å². The molecule has 0 spiro atoms. The molecule has 4 heteroatoms. The molecular weight excluding hydrogens is 293 g/mol. The first-order valence-electron chi connectivity index (χ1n) is 4.74. The van der Waals surface area contributed by atoms with Crippen molar-refractivity contribution in [3.05, 3.63) is 60.2 Å². The Balaban J connectivity index is 0.00000144. The first kappa shape index (κ1) is 13.9. The standard InChI is InChI=1S/C13H9O3.Y/c14-13(15)11-8-4-5-9-12(11)16-10-6-2-1-3-7-10;/h1-8H,(H,14,15);/q-1;. The number of carboxylic acids is 1. The Morgan fingerprint density at radius 1 is 1.12 bits per heavy atom. The summed E-state index contributed by atoms with van der Waals surface area (Å²) < 4.78 is 5.43. The molecule has 0 aliphatic carbocycles. The second-order valence-electron chi connectivity index (χ2n) is 3.13. The minimum atomic E-state index is -1.03. The molecule has 2 rings (SSSR count). The quantitative estimate of drug-likeness (QED) is 0.887. The van der Waals surface area contributed by atoms with E-state index in [1.54, 1.807) is 24.3 Å². The van der Waals surface area contributed by atoms with E-state index in [9.17, 15) is 4.79 Å². The molecule has 0 aromatic heterocycles. The molecule has 1 N–H and O–H groups in total. The van der Waals surface area contributed by atoms with Crippen LogP contribution in [0.15, 0.2) is 48.5 Å². The van der Waals surface area contributed by atoms with Crippen LogP contribution in [0.1, 0.15) is 10.4 Å². The molecule has 0 unspecified atom stereocenters. The van der Waals surface area contributed by atoms with Crippen LogP contribution in [-0.2, 0) is 32.7 Å². The number of hydrogen-bond acceptors (Lipinski definition) is 2. The van der Waals surface area contributed by atoms with Gasteiger partial charge in [0.05, 0.1) is 0 Å². The number of aromatic carboxylic acids is 1. The van der Waals surface area contributed by atoms with Crippen molar-refractivity contribution in [1.82, 2.24) is 0 Å². The van der Waals surface area contributed by atoms with Gasteiger partial charge in [0.25, 0.3) is 5.97 Å². The molecule has 0 atom stereocenters. The fourth-order valence-electron chi connectivity index (χ4n) is 1.28. The number of ether oxygens (including phenoxy) is 1. The van der Waals surface area contributed by atoms with Crippen molar-refractivity contribution in [2.24, 2.45) is 0 Å². The summed E-state index contributed by atoms with van der Waals surface area (Å²) >= 11 is 0. The van der Waals surface area contributed by atoms with Gasteiger partial charge in [-0.3, -0.25) is 4.79 Å². The first-order valence-corrected chi connectivity index (χ1v) is 4.74. The average molecular weight is 302 g/mol. The van der Waals surface area contributed by atoms with Gasteiger partial charge in [-0.05, 0) is 17.7 Å². The summed E-state index contributed by atoms with van der Waals surface area (Å²) in [6, 6.07) is 16.5. The summed E-state index contributed by atoms with van der Waals surface area (Å²) in [6.45, 7) is 0. The molecule has 2 aromatic rings. The van der Waals surface area contributed by atoms with Crippen molar-refractivity contribution in [1.29, 1.82) is 0 Å². The largest absolute Gasteiger partial charge is 0.487 e.